The Balaban J connectivity index is 2.10. The molecule has 2 aromatic rings. The van der Waals surface area contributed by atoms with Crippen LogP contribution >= 0.6 is 0 Å². The van der Waals surface area contributed by atoms with Crippen molar-refractivity contribution in [3.8, 4) is 0 Å². The highest BCUT2D eigenvalue weighted by molar-refractivity contribution is 7.84. The second-order valence-corrected chi connectivity index (χ2v) is 6.98. The van der Waals surface area contributed by atoms with Crippen LogP contribution in [-0.4, -0.2) is 33.5 Å². The summed E-state index contributed by atoms with van der Waals surface area (Å²) in [5.74, 6) is 0.0696. The quantitative estimate of drug-likeness (QED) is 0.877. The van der Waals surface area contributed by atoms with Crippen molar-refractivity contribution in [1.82, 2.24) is 4.90 Å². The van der Waals surface area contributed by atoms with E-state index in [1.165, 1.54) is 0 Å². The molecule has 0 aliphatic rings. The minimum atomic E-state index is -0.981. The van der Waals surface area contributed by atoms with E-state index < -0.39 is 16.8 Å². The molecule has 0 spiro atoms. The summed E-state index contributed by atoms with van der Waals surface area (Å²) < 4.78 is 17.0. The minimum absolute atomic E-state index is 0.119. The molecule has 0 aliphatic heterocycles. The summed E-state index contributed by atoms with van der Waals surface area (Å²) in [4.78, 5) is 13.9. The van der Waals surface area contributed by atoms with Gasteiger partial charge in [-0.2, -0.15) is 0 Å². The Morgan fingerprint density at radius 2 is 1.96 bits per heavy atom. The minimum Gasteiger partial charge on any atom is -0.478 e. The van der Waals surface area contributed by atoms with E-state index >= 15 is 0 Å². The predicted molar refractivity (Wildman–Crippen MR) is 89.1 cm³/mol. The number of carboxylic acid groups (broad SMARTS) is 1. The van der Waals surface area contributed by atoms with Crippen molar-refractivity contribution in [2.45, 2.75) is 31.3 Å². The van der Waals surface area contributed by atoms with Gasteiger partial charge in [-0.3, -0.25) is 9.11 Å². The van der Waals surface area contributed by atoms with Crippen LogP contribution in [0.2, 0.25) is 0 Å². The molecular weight excluding hydrogens is 314 g/mol. The molecule has 1 heterocycles. The van der Waals surface area contributed by atoms with Gasteiger partial charge >= 0.3 is 5.97 Å². The first-order chi connectivity index (χ1) is 10.8. The largest absolute Gasteiger partial charge is 0.478 e. The molecule has 1 aromatic carbocycles. The highest BCUT2D eigenvalue weighted by Gasteiger charge is 2.17. The van der Waals surface area contributed by atoms with Crippen LogP contribution in [0, 0.1) is 6.92 Å². The van der Waals surface area contributed by atoms with Gasteiger partial charge in [0.25, 0.3) is 0 Å². The third kappa shape index (κ3) is 4.09. The molecule has 0 bridgehead atoms. The third-order valence-corrected chi connectivity index (χ3v) is 4.90. The molecule has 23 heavy (non-hydrogen) atoms. The molecule has 1 aromatic heterocycles. The molecule has 0 saturated heterocycles. The summed E-state index contributed by atoms with van der Waals surface area (Å²) in [6, 6.07) is 9.37. The van der Waals surface area contributed by atoms with E-state index in [1.807, 2.05) is 31.3 Å². The Morgan fingerprint density at radius 3 is 2.43 bits per heavy atom. The van der Waals surface area contributed by atoms with Crippen LogP contribution in [0.5, 0.6) is 0 Å². The Labute approximate surface area is 138 Å². The van der Waals surface area contributed by atoms with Gasteiger partial charge in [0.2, 0.25) is 0 Å². The molecule has 0 saturated carbocycles. The third-order valence-electron chi connectivity index (χ3n) is 3.96. The van der Waals surface area contributed by atoms with Crippen LogP contribution in [0.4, 0.5) is 0 Å². The Morgan fingerprint density at radius 1 is 1.35 bits per heavy atom. The van der Waals surface area contributed by atoms with E-state index in [9.17, 15) is 9.00 Å². The number of hydrogen-bond acceptors (Lipinski definition) is 4. The van der Waals surface area contributed by atoms with Crippen molar-refractivity contribution in [2.24, 2.45) is 0 Å². The standard InChI is InChI=1S/C17H21NO4S/c1-11(13-5-7-15(8-6-13)23(4)21)18(3)10-14-9-16(17(19)20)12(2)22-14/h5-9,11H,10H2,1-4H3,(H,19,20). The summed E-state index contributed by atoms with van der Waals surface area (Å²) in [7, 11) is 0.972. The molecule has 5 nitrogen and oxygen atoms in total. The van der Waals surface area contributed by atoms with Crippen LogP contribution in [0.3, 0.4) is 0 Å². The Hall–Kier alpha value is -1.92. The molecule has 1 N–H and O–H groups in total. The zero-order chi connectivity index (χ0) is 17.1. The maximum absolute atomic E-state index is 11.4. The maximum atomic E-state index is 11.4. The highest BCUT2D eigenvalue weighted by atomic mass is 32.2. The molecule has 0 fully saturated rings. The average molecular weight is 335 g/mol. The van der Waals surface area contributed by atoms with E-state index in [4.69, 9.17) is 9.52 Å². The number of rotatable bonds is 6. The second kappa shape index (κ2) is 7.10. The summed E-state index contributed by atoms with van der Waals surface area (Å²) in [5.41, 5.74) is 1.30. The van der Waals surface area contributed by atoms with E-state index in [2.05, 4.69) is 11.8 Å². The van der Waals surface area contributed by atoms with Crippen LogP contribution in [-0.2, 0) is 17.3 Å². The number of carboxylic acids is 1. The van der Waals surface area contributed by atoms with Crippen molar-refractivity contribution < 1.29 is 18.5 Å². The first kappa shape index (κ1) is 17.4. The van der Waals surface area contributed by atoms with Gasteiger partial charge in [-0.05, 0) is 44.7 Å². The topological polar surface area (TPSA) is 70.8 Å². The molecule has 6 heteroatoms. The van der Waals surface area contributed by atoms with Gasteiger partial charge in [0.05, 0.1) is 6.54 Å². The summed E-state index contributed by atoms with van der Waals surface area (Å²) >= 11 is 0. The number of aryl methyl sites for hydroxylation is 1. The molecule has 2 atom stereocenters. The molecule has 0 radical (unpaired) electrons. The van der Waals surface area contributed by atoms with Crippen LogP contribution in [0.25, 0.3) is 0 Å². The molecular formula is C17H21NO4S. The van der Waals surface area contributed by atoms with E-state index in [0.29, 0.717) is 18.1 Å². The zero-order valence-electron chi connectivity index (χ0n) is 13.7. The number of carbonyl (C=O) groups is 1. The molecule has 0 amide bonds. The van der Waals surface area contributed by atoms with Gasteiger partial charge < -0.3 is 9.52 Å². The van der Waals surface area contributed by atoms with Gasteiger partial charge in [-0.15, -0.1) is 0 Å². The predicted octanol–water partition coefficient (Wildman–Crippen LogP) is 3.22. The van der Waals surface area contributed by atoms with Gasteiger partial charge in [0.15, 0.2) is 0 Å². The van der Waals surface area contributed by atoms with Gasteiger partial charge in [0, 0.05) is 28.0 Å². The fraction of sp³-hybridized carbons (Fsp3) is 0.353. The van der Waals surface area contributed by atoms with Crippen molar-refractivity contribution in [2.75, 3.05) is 13.3 Å². The van der Waals surface area contributed by atoms with Crippen molar-refractivity contribution in [3.05, 3.63) is 53.0 Å². The molecule has 124 valence electrons. The zero-order valence-corrected chi connectivity index (χ0v) is 14.5. The van der Waals surface area contributed by atoms with Gasteiger partial charge in [-0.1, -0.05) is 12.1 Å². The summed E-state index contributed by atoms with van der Waals surface area (Å²) in [6.07, 6.45) is 1.66. The average Bonchev–Trinajstić information content (AvgIpc) is 2.87. The fourth-order valence-corrected chi connectivity index (χ4v) is 2.93. The number of benzene rings is 1. The lowest BCUT2D eigenvalue weighted by Gasteiger charge is -2.24. The monoisotopic (exact) mass is 335 g/mol. The van der Waals surface area contributed by atoms with E-state index in [0.717, 1.165) is 10.5 Å². The first-order valence-electron chi connectivity index (χ1n) is 7.25. The fourth-order valence-electron chi connectivity index (χ4n) is 2.41. The summed E-state index contributed by atoms with van der Waals surface area (Å²) in [5, 5.41) is 9.07. The number of hydrogen-bond donors (Lipinski definition) is 1. The van der Waals surface area contributed by atoms with Crippen LogP contribution in [0.1, 0.15) is 40.4 Å². The second-order valence-electron chi connectivity index (χ2n) is 5.60. The normalized spacial score (nSPS) is 14.0. The smallest absolute Gasteiger partial charge is 0.339 e. The Kier molecular flexibility index (Phi) is 5.38. The van der Waals surface area contributed by atoms with Gasteiger partial charge in [-0.25, -0.2) is 4.79 Å². The lowest BCUT2D eigenvalue weighted by atomic mass is 10.1. The van der Waals surface area contributed by atoms with Crippen molar-refractivity contribution in [3.63, 3.8) is 0 Å². The Bertz CT molecular complexity index is 721. The highest BCUT2D eigenvalue weighted by Crippen LogP contribution is 2.23. The molecule has 2 unspecified atom stereocenters. The van der Waals surface area contributed by atoms with Crippen molar-refractivity contribution >= 4 is 16.8 Å². The number of furan rings is 1. The van der Waals surface area contributed by atoms with Crippen LogP contribution in [0.15, 0.2) is 39.6 Å². The lowest BCUT2D eigenvalue weighted by Crippen LogP contribution is -2.21. The maximum Gasteiger partial charge on any atom is 0.339 e. The lowest BCUT2D eigenvalue weighted by molar-refractivity contribution is 0.0695. The van der Waals surface area contributed by atoms with Gasteiger partial charge in [0.1, 0.15) is 17.1 Å². The number of nitrogens with zero attached hydrogens (tertiary/aromatic N) is 1. The summed E-state index contributed by atoms with van der Waals surface area (Å²) in [6.45, 7) is 4.22. The molecule has 0 aliphatic carbocycles. The van der Waals surface area contributed by atoms with Crippen molar-refractivity contribution in [1.29, 1.82) is 0 Å². The molecule has 2 rings (SSSR count). The van der Waals surface area contributed by atoms with E-state index in [1.54, 1.807) is 19.2 Å². The SMILES string of the molecule is Cc1oc(CN(C)C(C)c2ccc(S(C)=O)cc2)cc1C(=O)O. The van der Waals surface area contributed by atoms with Crippen LogP contribution < -0.4 is 0 Å². The van der Waals surface area contributed by atoms with E-state index in [-0.39, 0.29) is 11.6 Å². The number of aromatic carboxylic acids is 1. The first-order valence-corrected chi connectivity index (χ1v) is 8.81.